The minimum Gasteiger partial charge on any atom is -0.508 e. The Morgan fingerprint density at radius 2 is 2.00 bits per heavy atom. The van der Waals surface area contributed by atoms with E-state index < -0.39 is 0 Å². The van der Waals surface area contributed by atoms with Crippen LogP contribution in [0.2, 0.25) is 0 Å². The fraction of sp³-hybridized carbons (Fsp3) is 0.235. The maximum atomic E-state index is 12.5. The number of hydrogen-bond acceptors (Lipinski definition) is 2. The zero-order valence-corrected chi connectivity index (χ0v) is 12.6. The van der Waals surface area contributed by atoms with Crippen LogP contribution in [0.25, 0.3) is 0 Å². The van der Waals surface area contributed by atoms with Crippen LogP contribution in [0.15, 0.2) is 46.9 Å². The number of fused-ring (bicyclic) bond motifs is 1. The zero-order valence-electron chi connectivity index (χ0n) is 11.0. The molecule has 0 bridgehead atoms. The lowest BCUT2D eigenvalue weighted by atomic mass is 9.80. The van der Waals surface area contributed by atoms with Gasteiger partial charge in [0.1, 0.15) is 5.75 Å². The van der Waals surface area contributed by atoms with Crippen LogP contribution in [-0.2, 0) is 12.8 Å². The molecule has 0 aromatic heterocycles. The predicted molar refractivity (Wildman–Crippen MR) is 82.1 cm³/mol. The lowest BCUT2D eigenvalue weighted by molar-refractivity contribution is 0.0901. The summed E-state index contributed by atoms with van der Waals surface area (Å²) in [7, 11) is 0. The molecular formula is C17H15BrO2. The number of phenols is 1. The largest absolute Gasteiger partial charge is 0.508 e. The average Bonchev–Trinajstić information content (AvgIpc) is 2.44. The van der Waals surface area contributed by atoms with Crippen molar-refractivity contribution in [3.8, 4) is 5.75 Å². The summed E-state index contributed by atoms with van der Waals surface area (Å²) in [4.78, 5) is 12.5. The van der Waals surface area contributed by atoms with Gasteiger partial charge in [0.05, 0.1) is 0 Å². The molecule has 1 aliphatic carbocycles. The molecule has 1 aliphatic rings. The Bertz CT molecular complexity index is 664. The topological polar surface area (TPSA) is 37.3 Å². The third-order valence-corrected chi connectivity index (χ3v) is 4.68. The third kappa shape index (κ3) is 2.50. The van der Waals surface area contributed by atoms with Gasteiger partial charge in [0, 0.05) is 16.0 Å². The monoisotopic (exact) mass is 330 g/mol. The Morgan fingerprint density at radius 3 is 2.80 bits per heavy atom. The molecule has 2 aromatic rings. The van der Waals surface area contributed by atoms with Gasteiger partial charge in [0.25, 0.3) is 0 Å². The molecule has 0 fully saturated rings. The van der Waals surface area contributed by atoms with E-state index in [1.807, 2.05) is 18.2 Å². The van der Waals surface area contributed by atoms with E-state index in [1.165, 1.54) is 5.56 Å². The number of hydrogen-bond donors (Lipinski definition) is 1. The van der Waals surface area contributed by atoms with Crippen molar-refractivity contribution in [3.63, 3.8) is 0 Å². The van der Waals surface area contributed by atoms with Crippen LogP contribution >= 0.6 is 15.9 Å². The number of halogens is 1. The summed E-state index contributed by atoms with van der Waals surface area (Å²) in [6, 6.07) is 13.1. The van der Waals surface area contributed by atoms with Gasteiger partial charge in [-0.05, 0) is 54.7 Å². The molecule has 0 spiro atoms. The van der Waals surface area contributed by atoms with Gasteiger partial charge < -0.3 is 5.11 Å². The number of Topliss-reactive ketones (excluding diaryl/α,β-unsaturated/α-hetero) is 1. The number of carbonyl (C=O) groups excluding carboxylic acids is 1. The highest BCUT2D eigenvalue weighted by Gasteiger charge is 2.27. The predicted octanol–water partition coefficient (Wildman–Crippen LogP) is 4.14. The smallest absolute Gasteiger partial charge is 0.166 e. The minimum atomic E-state index is 0.0331. The average molecular weight is 331 g/mol. The van der Waals surface area contributed by atoms with Crippen LogP contribution in [0.5, 0.6) is 5.75 Å². The normalized spacial score (nSPS) is 17.9. The molecule has 1 unspecified atom stereocenters. The quantitative estimate of drug-likeness (QED) is 0.898. The number of rotatable bonds is 2. The lowest BCUT2D eigenvalue weighted by Crippen LogP contribution is -2.24. The Balaban J connectivity index is 1.86. The Hall–Kier alpha value is -1.61. The summed E-state index contributed by atoms with van der Waals surface area (Å²) >= 11 is 3.54. The van der Waals surface area contributed by atoms with Crippen molar-refractivity contribution in [2.45, 2.75) is 19.3 Å². The molecule has 0 saturated heterocycles. The summed E-state index contributed by atoms with van der Waals surface area (Å²) in [6.07, 6.45) is 2.46. The zero-order chi connectivity index (χ0) is 14.1. The molecule has 3 heteroatoms. The second-order valence-corrected chi connectivity index (χ2v) is 6.09. The van der Waals surface area contributed by atoms with Crippen LogP contribution in [0.1, 0.15) is 27.9 Å². The first kappa shape index (κ1) is 13.4. The minimum absolute atomic E-state index is 0.0331. The number of aryl methyl sites for hydroxylation is 1. The first-order valence-electron chi connectivity index (χ1n) is 6.74. The van der Waals surface area contributed by atoms with E-state index in [4.69, 9.17) is 0 Å². The van der Waals surface area contributed by atoms with Crippen molar-refractivity contribution in [2.75, 3.05) is 0 Å². The SMILES string of the molecule is O=C1c2ccc(O)cc2CCC1Cc1ccccc1Br. The number of ketones is 1. The Labute approximate surface area is 126 Å². The van der Waals surface area contributed by atoms with Gasteiger partial charge in [-0.3, -0.25) is 4.79 Å². The van der Waals surface area contributed by atoms with Crippen LogP contribution in [0.4, 0.5) is 0 Å². The van der Waals surface area contributed by atoms with Crippen LogP contribution < -0.4 is 0 Å². The van der Waals surface area contributed by atoms with E-state index >= 15 is 0 Å². The van der Waals surface area contributed by atoms with Gasteiger partial charge in [-0.1, -0.05) is 34.1 Å². The van der Waals surface area contributed by atoms with E-state index in [0.29, 0.717) is 0 Å². The molecule has 2 nitrogen and oxygen atoms in total. The standard InChI is InChI=1S/C17H15BrO2/c18-16-4-2-1-3-12(16)9-13-6-5-11-10-14(19)7-8-15(11)17(13)20/h1-4,7-8,10,13,19H,5-6,9H2. The molecule has 3 rings (SSSR count). The summed E-state index contributed by atoms with van der Waals surface area (Å²) in [5.74, 6) is 0.466. The highest BCUT2D eigenvalue weighted by atomic mass is 79.9. The number of aromatic hydroxyl groups is 1. The fourth-order valence-electron chi connectivity index (χ4n) is 2.83. The molecule has 0 radical (unpaired) electrons. The van der Waals surface area contributed by atoms with Gasteiger partial charge in [0.2, 0.25) is 0 Å². The van der Waals surface area contributed by atoms with Crippen molar-refractivity contribution < 1.29 is 9.90 Å². The van der Waals surface area contributed by atoms with Gasteiger partial charge in [-0.15, -0.1) is 0 Å². The molecule has 1 N–H and O–H groups in total. The van der Waals surface area contributed by atoms with Crippen molar-refractivity contribution >= 4 is 21.7 Å². The summed E-state index contributed by atoms with van der Waals surface area (Å²) in [5, 5.41) is 9.49. The number of phenolic OH excluding ortho intramolecular Hbond substituents is 1. The maximum absolute atomic E-state index is 12.5. The highest BCUT2D eigenvalue weighted by molar-refractivity contribution is 9.10. The number of benzene rings is 2. The second kappa shape index (κ2) is 5.41. The van der Waals surface area contributed by atoms with Gasteiger partial charge in [-0.2, -0.15) is 0 Å². The molecule has 102 valence electrons. The van der Waals surface area contributed by atoms with Crippen LogP contribution in [0.3, 0.4) is 0 Å². The molecule has 1 atom stereocenters. The first-order chi connectivity index (χ1) is 9.65. The van der Waals surface area contributed by atoms with E-state index in [-0.39, 0.29) is 17.5 Å². The van der Waals surface area contributed by atoms with Crippen molar-refractivity contribution in [2.24, 2.45) is 5.92 Å². The van der Waals surface area contributed by atoms with Crippen LogP contribution in [-0.4, -0.2) is 10.9 Å². The van der Waals surface area contributed by atoms with Gasteiger partial charge >= 0.3 is 0 Å². The molecule has 0 aliphatic heterocycles. The summed E-state index contributed by atoms with van der Waals surface area (Å²) in [6.45, 7) is 0. The van der Waals surface area contributed by atoms with E-state index in [9.17, 15) is 9.90 Å². The Morgan fingerprint density at radius 1 is 1.20 bits per heavy atom. The van der Waals surface area contributed by atoms with E-state index in [0.717, 1.165) is 34.9 Å². The molecule has 0 amide bonds. The fourth-order valence-corrected chi connectivity index (χ4v) is 3.28. The van der Waals surface area contributed by atoms with Crippen molar-refractivity contribution in [1.29, 1.82) is 0 Å². The first-order valence-corrected chi connectivity index (χ1v) is 7.54. The van der Waals surface area contributed by atoms with Gasteiger partial charge in [0.15, 0.2) is 5.78 Å². The van der Waals surface area contributed by atoms with E-state index in [2.05, 4.69) is 22.0 Å². The Kier molecular flexibility index (Phi) is 3.62. The van der Waals surface area contributed by atoms with Crippen molar-refractivity contribution in [1.82, 2.24) is 0 Å². The lowest BCUT2D eigenvalue weighted by Gasteiger charge is -2.23. The van der Waals surface area contributed by atoms with Gasteiger partial charge in [-0.25, -0.2) is 0 Å². The third-order valence-electron chi connectivity index (χ3n) is 3.91. The maximum Gasteiger partial charge on any atom is 0.166 e. The molecular weight excluding hydrogens is 316 g/mol. The highest BCUT2D eigenvalue weighted by Crippen LogP contribution is 2.31. The van der Waals surface area contributed by atoms with Crippen molar-refractivity contribution in [3.05, 3.63) is 63.6 Å². The molecule has 0 heterocycles. The molecule has 0 saturated carbocycles. The number of carbonyl (C=O) groups is 1. The molecule has 2 aromatic carbocycles. The van der Waals surface area contributed by atoms with E-state index in [1.54, 1.807) is 18.2 Å². The summed E-state index contributed by atoms with van der Waals surface area (Å²) in [5.41, 5.74) is 2.91. The summed E-state index contributed by atoms with van der Waals surface area (Å²) < 4.78 is 1.06. The molecule has 20 heavy (non-hydrogen) atoms. The second-order valence-electron chi connectivity index (χ2n) is 5.24. The van der Waals surface area contributed by atoms with Crippen LogP contribution in [0, 0.1) is 5.92 Å².